The van der Waals surface area contributed by atoms with Gasteiger partial charge < -0.3 is 9.84 Å². The minimum atomic E-state index is -0.418. The molecule has 3 aromatic rings. The minimum absolute atomic E-state index is 0.350. The average Bonchev–Trinajstić information content (AvgIpc) is 3.57. The molecule has 0 aliphatic heterocycles. The van der Waals surface area contributed by atoms with E-state index in [0.717, 1.165) is 29.9 Å². The van der Waals surface area contributed by atoms with Gasteiger partial charge in [-0.05, 0) is 62.8 Å². The summed E-state index contributed by atoms with van der Waals surface area (Å²) in [6.07, 6.45) is 5.37. The molecular weight excluding hydrogens is 417 g/mol. The Labute approximate surface area is 195 Å². The number of hydrogen-bond acceptors (Lipinski definition) is 4. The maximum atomic E-state index is 13.9. The topological polar surface area (TPSA) is 50.5 Å². The predicted molar refractivity (Wildman–Crippen MR) is 128 cm³/mol. The third-order valence-electron chi connectivity index (χ3n) is 5.92. The molecule has 0 unspecified atom stereocenters. The highest BCUT2D eigenvalue weighted by atomic mass is 19.1. The number of allylic oxidation sites excluding steroid dienone is 1. The van der Waals surface area contributed by atoms with Gasteiger partial charge in [0.15, 0.2) is 0 Å². The minimum Gasteiger partial charge on any atom is -0.438 e. The second-order valence-corrected chi connectivity index (χ2v) is 8.83. The normalized spacial score (nSPS) is 14.4. The predicted octanol–water partition coefficient (Wildman–Crippen LogP) is 5.65. The molecule has 0 spiro atoms. The first-order valence-electron chi connectivity index (χ1n) is 11.6. The molecule has 5 nitrogen and oxygen atoms in total. The van der Waals surface area contributed by atoms with Gasteiger partial charge in [0.25, 0.3) is 0 Å². The molecule has 0 saturated heterocycles. The number of nitrogens with zero attached hydrogens (tertiary/aromatic N) is 3. The molecule has 33 heavy (non-hydrogen) atoms. The standard InChI is InChI=1S/C27H32FN3O2/c1-3-4-12-24(32)18-30(17-21-14-15-21)19-26-20(2)29-31(23-10-6-5-7-11-23)27(26)33-25-13-8-9-22(28)16-25/h3,5-11,13,16,21,24,32H,1,4,12,14-15,17-19H2,2H3/t24-/m1/s1. The van der Waals surface area contributed by atoms with Crippen LogP contribution in [0.1, 0.15) is 36.9 Å². The van der Waals surface area contributed by atoms with Gasteiger partial charge in [-0.15, -0.1) is 6.58 Å². The molecule has 1 atom stereocenters. The van der Waals surface area contributed by atoms with Gasteiger partial charge in [0, 0.05) is 25.7 Å². The zero-order valence-corrected chi connectivity index (χ0v) is 19.2. The second-order valence-electron chi connectivity index (χ2n) is 8.83. The third kappa shape index (κ3) is 6.30. The van der Waals surface area contributed by atoms with Gasteiger partial charge in [0.1, 0.15) is 11.6 Å². The van der Waals surface area contributed by atoms with Crippen molar-refractivity contribution in [3.05, 3.63) is 84.3 Å². The first-order valence-corrected chi connectivity index (χ1v) is 11.6. The molecule has 2 aromatic carbocycles. The molecule has 1 saturated carbocycles. The van der Waals surface area contributed by atoms with Crippen LogP contribution in [0.15, 0.2) is 67.3 Å². The molecule has 1 heterocycles. The Balaban J connectivity index is 1.66. The van der Waals surface area contributed by atoms with Gasteiger partial charge in [0.2, 0.25) is 5.88 Å². The molecule has 0 radical (unpaired) electrons. The molecule has 0 bridgehead atoms. The van der Waals surface area contributed by atoms with Crippen molar-refractivity contribution in [1.29, 1.82) is 0 Å². The van der Waals surface area contributed by atoms with Crippen LogP contribution in [0.3, 0.4) is 0 Å². The number of aliphatic hydroxyl groups is 1. The van der Waals surface area contributed by atoms with Gasteiger partial charge in [0.05, 0.1) is 23.0 Å². The van der Waals surface area contributed by atoms with Gasteiger partial charge in [-0.25, -0.2) is 9.07 Å². The van der Waals surface area contributed by atoms with Gasteiger partial charge in [-0.3, -0.25) is 4.90 Å². The van der Waals surface area contributed by atoms with Crippen LogP contribution in [0.2, 0.25) is 0 Å². The molecule has 1 fully saturated rings. The van der Waals surface area contributed by atoms with Crippen LogP contribution in [0.5, 0.6) is 11.6 Å². The summed E-state index contributed by atoms with van der Waals surface area (Å²) in [5.74, 6) is 1.32. The fraction of sp³-hybridized carbons (Fsp3) is 0.370. The summed E-state index contributed by atoms with van der Waals surface area (Å²) in [6, 6.07) is 15.9. The van der Waals surface area contributed by atoms with Crippen molar-refractivity contribution in [3.63, 3.8) is 0 Å². The Morgan fingerprint density at radius 1 is 1.24 bits per heavy atom. The Morgan fingerprint density at radius 2 is 2.03 bits per heavy atom. The summed E-state index contributed by atoms with van der Waals surface area (Å²) in [5.41, 5.74) is 2.67. The summed E-state index contributed by atoms with van der Waals surface area (Å²) in [4.78, 5) is 2.29. The molecule has 174 valence electrons. The number of benzene rings is 2. The van der Waals surface area contributed by atoms with E-state index >= 15 is 0 Å². The zero-order valence-electron chi connectivity index (χ0n) is 19.2. The van der Waals surface area contributed by atoms with Crippen molar-refractivity contribution in [2.24, 2.45) is 5.92 Å². The molecule has 6 heteroatoms. The van der Waals surface area contributed by atoms with Gasteiger partial charge >= 0.3 is 0 Å². The molecule has 4 rings (SSSR count). The first-order chi connectivity index (χ1) is 16.0. The van der Waals surface area contributed by atoms with Gasteiger partial charge in [-0.1, -0.05) is 30.3 Å². The fourth-order valence-corrected chi connectivity index (χ4v) is 4.00. The van der Waals surface area contributed by atoms with Crippen molar-refractivity contribution in [1.82, 2.24) is 14.7 Å². The van der Waals surface area contributed by atoms with Crippen LogP contribution >= 0.6 is 0 Å². The Kier molecular flexibility index (Phi) is 7.57. The number of aromatic nitrogens is 2. The van der Waals surface area contributed by atoms with Crippen molar-refractivity contribution in [2.75, 3.05) is 13.1 Å². The van der Waals surface area contributed by atoms with Crippen LogP contribution in [-0.4, -0.2) is 39.0 Å². The third-order valence-corrected chi connectivity index (χ3v) is 5.92. The maximum Gasteiger partial charge on any atom is 0.227 e. The lowest BCUT2D eigenvalue weighted by Crippen LogP contribution is -2.34. The van der Waals surface area contributed by atoms with Crippen molar-refractivity contribution in [3.8, 4) is 17.3 Å². The molecule has 0 amide bonds. The summed E-state index contributed by atoms with van der Waals surface area (Å²) in [5, 5.41) is 15.3. The van der Waals surface area contributed by atoms with E-state index in [1.165, 1.54) is 25.0 Å². The van der Waals surface area contributed by atoms with Crippen molar-refractivity contribution < 1.29 is 14.2 Å². The molecule has 1 aliphatic carbocycles. The van der Waals surface area contributed by atoms with E-state index in [1.807, 2.05) is 43.3 Å². The quantitative estimate of drug-likeness (QED) is 0.363. The van der Waals surface area contributed by atoms with E-state index in [2.05, 4.69) is 11.5 Å². The smallest absolute Gasteiger partial charge is 0.227 e. The summed E-state index contributed by atoms with van der Waals surface area (Å²) in [6.45, 7) is 7.84. The number of hydrogen-bond donors (Lipinski definition) is 1. The van der Waals surface area contributed by atoms with Crippen LogP contribution in [0.25, 0.3) is 5.69 Å². The van der Waals surface area contributed by atoms with Crippen LogP contribution < -0.4 is 4.74 Å². The Hall–Kier alpha value is -2.96. The summed E-state index contributed by atoms with van der Waals surface area (Å²) < 4.78 is 21.9. The van der Waals surface area contributed by atoms with E-state index in [1.54, 1.807) is 16.8 Å². The van der Waals surface area contributed by atoms with Crippen molar-refractivity contribution in [2.45, 2.75) is 45.3 Å². The SMILES string of the molecule is C=CCC[C@@H](O)CN(Cc1c(C)nn(-c2ccccc2)c1Oc1cccc(F)c1)CC1CC1. The van der Waals surface area contributed by atoms with Crippen LogP contribution in [0, 0.1) is 18.7 Å². The fourth-order valence-electron chi connectivity index (χ4n) is 4.00. The van der Waals surface area contributed by atoms with E-state index in [4.69, 9.17) is 9.84 Å². The molecular formula is C27H32FN3O2. The van der Waals surface area contributed by atoms with E-state index in [0.29, 0.717) is 37.1 Å². The van der Waals surface area contributed by atoms with Crippen LogP contribution in [0.4, 0.5) is 4.39 Å². The Bertz CT molecular complexity index is 1060. The van der Waals surface area contributed by atoms with Gasteiger partial charge in [-0.2, -0.15) is 5.10 Å². The number of rotatable bonds is 12. The molecule has 1 aliphatic rings. The maximum absolute atomic E-state index is 13.9. The summed E-state index contributed by atoms with van der Waals surface area (Å²) in [7, 11) is 0. The number of para-hydroxylation sites is 1. The lowest BCUT2D eigenvalue weighted by atomic mass is 10.1. The number of halogens is 1. The second kappa shape index (κ2) is 10.8. The lowest BCUT2D eigenvalue weighted by Gasteiger charge is -2.25. The highest BCUT2D eigenvalue weighted by Crippen LogP contribution is 2.34. The molecule has 1 N–H and O–H groups in total. The number of aliphatic hydroxyl groups excluding tert-OH is 1. The van der Waals surface area contributed by atoms with Crippen LogP contribution in [-0.2, 0) is 6.54 Å². The number of ether oxygens (including phenoxy) is 1. The van der Waals surface area contributed by atoms with E-state index in [-0.39, 0.29) is 5.82 Å². The van der Waals surface area contributed by atoms with E-state index in [9.17, 15) is 9.50 Å². The number of aryl methyl sites for hydroxylation is 1. The Morgan fingerprint density at radius 3 is 2.73 bits per heavy atom. The van der Waals surface area contributed by atoms with E-state index < -0.39 is 6.10 Å². The zero-order chi connectivity index (χ0) is 23.2. The molecule has 1 aromatic heterocycles. The highest BCUT2D eigenvalue weighted by molar-refractivity contribution is 5.43. The largest absolute Gasteiger partial charge is 0.438 e. The average molecular weight is 450 g/mol. The summed E-state index contributed by atoms with van der Waals surface area (Å²) >= 11 is 0. The highest BCUT2D eigenvalue weighted by Gasteiger charge is 2.28. The monoisotopic (exact) mass is 449 g/mol. The lowest BCUT2D eigenvalue weighted by molar-refractivity contribution is 0.0991. The first kappa shape index (κ1) is 23.2. The van der Waals surface area contributed by atoms with Crippen molar-refractivity contribution >= 4 is 0 Å².